The zero-order valence-corrected chi connectivity index (χ0v) is 18.4. The number of para-hydroxylation sites is 1. The molecule has 0 aliphatic carbocycles. The van der Waals surface area contributed by atoms with Crippen LogP contribution >= 0.6 is 11.6 Å². The van der Waals surface area contributed by atoms with Gasteiger partial charge in [-0.05, 0) is 60.9 Å². The Balaban J connectivity index is 1.61. The van der Waals surface area contributed by atoms with Gasteiger partial charge in [-0.15, -0.1) is 0 Å². The van der Waals surface area contributed by atoms with Gasteiger partial charge in [0.2, 0.25) is 0 Å². The fraction of sp³-hybridized carbons (Fsp3) is 0.174. The molecule has 32 heavy (non-hydrogen) atoms. The van der Waals surface area contributed by atoms with Gasteiger partial charge in [-0.1, -0.05) is 29.8 Å². The number of carbonyl (C=O) groups excluding carboxylic acids is 1. The molecule has 1 amide bonds. The number of amides is 1. The minimum atomic E-state index is -3.94. The predicted molar refractivity (Wildman–Crippen MR) is 118 cm³/mol. The van der Waals surface area contributed by atoms with Crippen molar-refractivity contribution in [3.8, 4) is 0 Å². The van der Waals surface area contributed by atoms with Gasteiger partial charge in [-0.3, -0.25) is 9.10 Å². The lowest BCUT2D eigenvalue weighted by molar-refractivity contribution is 0.0950. The van der Waals surface area contributed by atoms with E-state index >= 15 is 0 Å². The highest BCUT2D eigenvalue weighted by atomic mass is 35.5. The zero-order chi connectivity index (χ0) is 22.9. The Bertz CT molecular complexity index is 1300. The first-order valence-corrected chi connectivity index (χ1v) is 11.7. The molecule has 4 rings (SSSR count). The number of benzene rings is 3. The first-order chi connectivity index (χ1) is 15.3. The second-order valence-electron chi connectivity index (χ2n) is 7.37. The molecule has 3 aromatic rings. The fourth-order valence-electron chi connectivity index (χ4n) is 3.66. The number of fused-ring (bicyclic) bond motifs is 1. The van der Waals surface area contributed by atoms with E-state index in [2.05, 4.69) is 5.32 Å². The summed E-state index contributed by atoms with van der Waals surface area (Å²) in [5.41, 5.74) is 1.44. The molecule has 0 aromatic heterocycles. The Kier molecular flexibility index (Phi) is 6.17. The Morgan fingerprint density at radius 1 is 1.06 bits per heavy atom. The number of sulfonamides is 1. The average molecular weight is 477 g/mol. The minimum Gasteiger partial charge on any atom is -0.348 e. The van der Waals surface area contributed by atoms with Crippen LogP contribution in [-0.2, 0) is 23.0 Å². The van der Waals surface area contributed by atoms with Crippen molar-refractivity contribution >= 4 is 33.2 Å². The maximum Gasteiger partial charge on any atom is 0.264 e. The van der Waals surface area contributed by atoms with Crippen LogP contribution < -0.4 is 9.62 Å². The van der Waals surface area contributed by atoms with Crippen molar-refractivity contribution in [2.75, 3.05) is 10.8 Å². The number of halogens is 3. The van der Waals surface area contributed by atoms with Gasteiger partial charge in [0, 0.05) is 18.7 Å². The predicted octanol–water partition coefficient (Wildman–Crippen LogP) is 4.69. The molecule has 0 radical (unpaired) electrons. The van der Waals surface area contributed by atoms with Gasteiger partial charge in [0.15, 0.2) is 0 Å². The Morgan fingerprint density at radius 2 is 1.84 bits per heavy atom. The summed E-state index contributed by atoms with van der Waals surface area (Å²) in [6.45, 7) is 0.0393. The van der Waals surface area contributed by atoms with Crippen LogP contribution in [0.1, 0.15) is 27.9 Å². The van der Waals surface area contributed by atoms with E-state index in [1.165, 1.54) is 22.5 Å². The Hall–Kier alpha value is -2.97. The summed E-state index contributed by atoms with van der Waals surface area (Å²) in [6, 6.07) is 14.1. The first kappa shape index (κ1) is 22.2. The van der Waals surface area contributed by atoms with Crippen molar-refractivity contribution < 1.29 is 22.0 Å². The summed E-state index contributed by atoms with van der Waals surface area (Å²) in [4.78, 5) is 12.6. The molecular weight excluding hydrogens is 458 g/mol. The van der Waals surface area contributed by atoms with E-state index in [1.807, 2.05) is 12.1 Å². The molecular formula is C23H19ClF2N2O3S. The minimum absolute atomic E-state index is 0.0387. The summed E-state index contributed by atoms with van der Waals surface area (Å²) in [7, 11) is -3.94. The summed E-state index contributed by atoms with van der Waals surface area (Å²) < 4.78 is 55.2. The molecule has 0 saturated carbocycles. The molecule has 5 nitrogen and oxygen atoms in total. The van der Waals surface area contributed by atoms with Crippen molar-refractivity contribution in [2.24, 2.45) is 0 Å². The van der Waals surface area contributed by atoms with Gasteiger partial charge in [0.1, 0.15) is 11.6 Å². The highest BCUT2D eigenvalue weighted by molar-refractivity contribution is 7.92. The largest absolute Gasteiger partial charge is 0.348 e. The van der Waals surface area contributed by atoms with E-state index < -0.39 is 27.6 Å². The standard InChI is InChI=1S/C23H19ClF2N2O3S/c24-20-9-8-18(32(30,31)28-11-3-5-15-4-1-2-6-22(15)28)13-19(20)23(29)27-14-16-12-17(25)7-10-21(16)26/h1-2,4,6-10,12-13H,3,5,11,14H2,(H,27,29). The first-order valence-electron chi connectivity index (χ1n) is 9.90. The second kappa shape index (κ2) is 8.88. The molecule has 1 heterocycles. The molecule has 1 aliphatic rings. The number of hydrogen-bond acceptors (Lipinski definition) is 3. The number of nitrogens with zero attached hydrogens (tertiary/aromatic N) is 1. The number of hydrogen-bond donors (Lipinski definition) is 1. The third-order valence-electron chi connectivity index (χ3n) is 5.29. The Labute approximate surface area is 189 Å². The molecule has 9 heteroatoms. The van der Waals surface area contributed by atoms with Crippen molar-refractivity contribution in [1.82, 2.24) is 5.32 Å². The molecule has 0 unspecified atom stereocenters. The number of carbonyl (C=O) groups is 1. The van der Waals surface area contributed by atoms with Crippen LogP contribution in [0, 0.1) is 11.6 Å². The summed E-state index contributed by atoms with van der Waals surface area (Å²) in [6.07, 6.45) is 1.46. The topological polar surface area (TPSA) is 66.5 Å². The average Bonchev–Trinajstić information content (AvgIpc) is 2.79. The lowest BCUT2D eigenvalue weighted by atomic mass is 10.0. The van der Waals surface area contributed by atoms with Crippen molar-refractivity contribution in [3.63, 3.8) is 0 Å². The van der Waals surface area contributed by atoms with Crippen molar-refractivity contribution in [2.45, 2.75) is 24.3 Å². The third-order valence-corrected chi connectivity index (χ3v) is 7.42. The van der Waals surface area contributed by atoms with Crippen LogP contribution in [0.15, 0.2) is 65.6 Å². The van der Waals surface area contributed by atoms with Crippen molar-refractivity contribution in [3.05, 3.63) is 94.0 Å². The van der Waals surface area contributed by atoms with Gasteiger partial charge in [-0.25, -0.2) is 17.2 Å². The lowest BCUT2D eigenvalue weighted by Crippen LogP contribution is -2.35. The molecule has 0 saturated heterocycles. The van der Waals surface area contributed by atoms with Crippen LogP contribution in [0.2, 0.25) is 5.02 Å². The number of aryl methyl sites for hydroxylation is 1. The van der Waals surface area contributed by atoms with E-state index in [9.17, 15) is 22.0 Å². The monoisotopic (exact) mass is 476 g/mol. The molecule has 1 aliphatic heterocycles. The van der Waals surface area contributed by atoms with E-state index in [4.69, 9.17) is 11.6 Å². The summed E-state index contributed by atoms with van der Waals surface area (Å²) >= 11 is 6.14. The highest BCUT2D eigenvalue weighted by Gasteiger charge is 2.30. The van der Waals surface area contributed by atoms with Gasteiger partial charge >= 0.3 is 0 Å². The summed E-state index contributed by atoms with van der Waals surface area (Å²) in [5, 5.41) is 2.50. The van der Waals surface area contributed by atoms with Crippen LogP contribution in [0.25, 0.3) is 0 Å². The van der Waals surface area contributed by atoms with E-state index in [0.717, 1.165) is 30.2 Å². The maximum atomic E-state index is 13.8. The molecule has 0 fully saturated rings. The van der Waals surface area contributed by atoms with E-state index in [-0.39, 0.29) is 27.6 Å². The molecule has 0 bridgehead atoms. The van der Waals surface area contributed by atoms with E-state index in [0.29, 0.717) is 18.7 Å². The molecule has 3 aromatic carbocycles. The fourth-order valence-corrected chi connectivity index (χ4v) is 5.44. The second-order valence-corrected chi connectivity index (χ2v) is 9.64. The molecule has 166 valence electrons. The smallest absolute Gasteiger partial charge is 0.264 e. The van der Waals surface area contributed by atoms with Crippen LogP contribution in [0.3, 0.4) is 0 Å². The lowest BCUT2D eigenvalue weighted by Gasteiger charge is -2.30. The SMILES string of the molecule is O=C(NCc1cc(F)ccc1F)c1cc(S(=O)(=O)N2CCCc3ccccc32)ccc1Cl. The number of nitrogens with one attached hydrogen (secondary N) is 1. The highest BCUT2D eigenvalue weighted by Crippen LogP contribution is 2.32. The van der Waals surface area contributed by atoms with Crippen LogP contribution in [0.4, 0.5) is 14.5 Å². The van der Waals surface area contributed by atoms with Gasteiger partial charge in [0.25, 0.3) is 15.9 Å². The maximum absolute atomic E-state index is 13.8. The quantitative estimate of drug-likeness (QED) is 0.581. The normalized spacial score (nSPS) is 13.5. The van der Waals surface area contributed by atoms with Gasteiger partial charge in [-0.2, -0.15) is 0 Å². The number of anilines is 1. The molecule has 0 spiro atoms. The Morgan fingerprint density at radius 3 is 2.66 bits per heavy atom. The third kappa shape index (κ3) is 4.33. The zero-order valence-electron chi connectivity index (χ0n) is 16.8. The van der Waals surface area contributed by atoms with Gasteiger partial charge in [0.05, 0.1) is 21.2 Å². The van der Waals surface area contributed by atoms with Gasteiger partial charge < -0.3 is 5.32 Å². The molecule has 0 atom stereocenters. The number of rotatable bonds is 5. The van der Waals surface area contributed by atoms with Crippen molar-refractivity contribution in [1.29, 1.82) is 0 Å². The summed E-state index contributed by atoms with van der Waals surface area (Å²) in [5.74, 6) is -2.00. The molecule has 1 N–H and O–H groups in total. The van der Waals surface area contributed by atoms with E-state index in [1.54, 1.807) is 12.1 Å². The van der Waals surface area contributed by atoms with Crippen LogP contribution in [-0.4, -0.2) is 20.9 Å². The van der Waals surface area contributed by atoms with Crippen LogP contribution in [0.5, 0.6) is 0 Å².